The number of benzene rings is 1. The van der Waals surface area contributed by atoms with E-state index in [0.717, 1.165) is 49.3 Å². The van der Waals surface area contributed by atoms with Crippen LogP contribution < -0.4 is 15.4 Å². The van der Waals surface area contributed by atoms with E-state index in [4.69, 9.17) is 14.5 Å². The molecule has 1 aliphatic heterocycles. The van der Waals surface area contributed by atoms with E-state index in [0.29, 0.717) is 25.7 Å². The molecule has 1 saturated carbocycles. The van der Waals surface area contributed by atoms with Crippen LogP contribution in [0.25, 0.3) is 0 Å². The molecule has 1 heterocycles. The minimum absolute atomic E-state index is 0.0941. The van der Waals surface area contributed by atoms with Crippen LogP contribution in [0.1, 0.15) is 37.3 Å². The molecule has 0 bridgehead atoms. The molecule has 0 radical (unpaired) electrons. The van der Waals surface area contributed by atoms with Crippen LogP contribution >= 0.6 is 0 Å². The summed E-state index contributed by atoms with van der Waals surface area (Å²) in [5.74, 6) is 1.78. The number of aryl methyl sites for hydroxylation is 1. The zero-order valence-corrected chi connectivity index (χ0v) is 18.5. The molecule has 7 nitrogen and oxygen atoms in total. The lowest BCUT2D eigenvalue weighted by Crippen LogP contribution is -2.41. The van der Waals surface area contributed by atoms with Crippen molar-refractivity contribution in [3.63, 3.8) is 0 Å². The van der Waals surface area contributed by atoms with Crippen LogP contribution in [0.15, 0.2) is 23.2 Å². The SMILES string of the molecule is CCNC(=NCc1ccc(C)cc1OC1CCOC1)NCC1(CS(C)(=O)=O)CC1. The molecule has 1 aliphatic carbocycles. The molecule has 162 valence electrons. The Morgan fingerprint density at radius 3 is 2.76 bits per heavy atom. The highest BCUT2D eigenvalue weighted by atomic mass is 32.2. The van der Waals surface area contributed by atoms with Gasteiger partial charge in [0, 0.05) is 36.7 Å². The van der Waals surface area contributed by atoms with E-state index in [1.54, 1.807) is 0 Å². The monoisotopic (exact) mass is 423 g/mol. The van der Waals surface area contributed by atoms with Crippen molar-refractivity contribution < 1.29 is 17.9 Å². The van der Waals surface area contributed by atoms with E-state index in [-0.39, 0.29) is 17.3 Å². The summed E-state index contributed by atoms with van der Waals surface area (Å²) in [4.78, 5) is 4.71. The molecule has 1 saturated heterocycles. The van der Waals surface area contributed by atoms with Gasteiger partial charge in [0.2, 0.25) is 0 Å². The summed E-state index contributed by atoms with van der Waals surface area (Å²) in [7, 11) is -2.98. The number of aliphatic imine (C=N–C) groups is 1. The molecule has 0 spiro atoms. The lowest BCUT2D eigenvalue weighted by molar-refractivity contribution is 0.140. The first-order chi connectivity index (χ1) is 13.8. The molecule has 2 fully saturated rings. The van der Waals surface area contributed by atoms with Gasteiger partial charge < -0.3 is 20.1 Å². The van der Waals surface area contributed by atoms with Crippen molar-refractivity contribution in [2.75, 3.05) is 38.3 Å². The number of nitrogens with zero attached hydrogens (tertiary/aromatic N) is 1. The topological polar surface area (TPSA) is 89.0 Å². The zero-order chi connectivity index (χ0) is 20.9. The van der Waals surface area contributed by atoms with Crippen LogP contribution in [0.4, 0.5) is 0 Å². The van der Waals surface area contributed by atoms with Gasteiger partial charge in [-0.15, -0.1) is 0 Å². The third kappa shape index (κ3) is 6.89. The predicted octanol–water partition coefficient (Wildman–Crippen LogP) is 2.04. The van der Waals surface area contributed by atoms with E-state index in [1.807, 2.05) is 13.8 Å². The number of hydrogen-bond acceptors (Lipinski definition) is 5. The van der Waals surface area contributed by atoms with Crippen LogP contribution in [-0.2, 0) is 21.1 Å². The fourth-order valence-electron chi connectivity index (χ4n) is 3.57. The average Bonchev–Trinajstić information content (AvgIpc) is 3.18. The van der Waals surface area contributed by atoms with E-state index < -0.39 is 9.84 Å². The van der Waals surface area contributed by atoms with Gasteiger partial charge in [-0.25, -0.2) is 13.4 Å². The molecule has 8 heteroatoms. The molecule has 1 aromatic rings. The molecule has 1 aromatic carbocycles. The van der Waals surface area contributed by atoms with Crippen LogP contribution in [0.2, 0.25) is 0 Å². The third-order valence-corrected chi connectivity index (χ3v) is 6.45. The summed E-state index contributed by atoms with van der Waals surface area (Å²) in [6, 6.07) is 6.17. The Bertz CT molecular complexity index is 828. The molecule has 1 atom stereocenters. The van der Waals surface area contributed by atoms with Gasteiger partial charge in [-0.3, -0.25) is 0 Å². The summed E-state index contributed by atoms with van der Waals surface area (Å²) in [6.07, 6.45) is 4.18. The largest absolute Gasteiger partial charge is 0.488 e. The first-order valence-electron chi connectivity index (χ1n) is 10.3. The minimum atomic E-state index is -2.98. The molecule has 2 aliphatic rings. The van der Waals surface area contributed by atoms with Gasteiger partial charge in [0.25, 0.3) is 0 Å². The van der Waals surface area contributed by atoms with E-state index in [2.05, 4.69) is 28.8 Å². The Kier molecular flexibility index (Phi) is 7.05. The molecule has 0 amide bonds. The fraction of sp³-hybridized carbons (Fsp3) is 0.667. The highest BCUT2D eigenvalue weighted by Crippen LogP contribution is 2.46. The Balaban J connectivity index is 1.65. The van der Waals surface area contributed by atoms with Crippen LogP contribution in [0.3, 0.4) is 0 Å². The van der Waals surface area contributed by atoms with E-state index >= 15 is 0 Å². The average molecular weight is 424 g/mol. The number of sulfone groups is 1. The first kappa shape index (κ1) is 21.9. The summed E-state index contributed by atoms with van der Waals surface area (Å²) in [6.45, 7) is 7.27. The molecule has 3 rings (SSSR count). The molecular weight excluding hydrogens is 390 g/mol. The van der Waals surface area contributed by atoms with Gasteiger partial charge in [0.15, 0.2) is 5.96 Å². The second-order valence-corrected chi connectivity index (χ2v) is 10.5. The van der Waals surface area contributed by atoms with Gasteiger partial charge in [-0.2, -0.15) is 0 Å². The molecule has 0 aromatic heterocycles. The van der Waals surface area contributed by atoms with Crippen molar-refractivity contribution in [2.24, 2.45) is 10.4 Å². The minimum Gasteiger partial charge on any atom is -0.488 e. The lowest BCUT2D eigenvalue weighted by Gasteiger charge is -2.18. The van der Waals surface area contributed by atoms with Crippen LogP contribution in [0, 0.1) is 12.3 Å². The normalized spacial score (nSPS) is 21.1. The van der Waals surface area contributed by atoms with Crippen molar-refractivity contribution in [3.8, 4) is 5.75 Å². The number of nitrogens with one attached hydrogen (secondary N) is 2. The van der Waals surface area contributed by atoms with E-state index in [9.17, 15) is 8.42 Å². The van der Waals surface area contributed by atoms with Gasteiger partial charge in [0.05, 0.1) is 25.5 Å². The summed E-state index contributed by atoms with van der Waals surface area (Å²) >= 11 is 0. The number of ether oxygens (including phenoxy) is 2. The molecular formula is C21H33N3O4S. The highest BCUT2D eigenvalue weighted by Gasteiger charge is 2.45. The maximum absolute atomic E-state index is 11.7. The van der Waals surface area contributed by atoms with Crippen molar-refractivity contribution >= 4 is 15.8 Å². The van der Waals surface area contributed by atoms with Crippen LogP contribution in [-0.4, -0.2) is 58.8 Å². The first-order valence-corrected chi connectivity index (χ1v) is 12.4. The van der Waals surface area contributed by atoms with Gasteiger partial charge in [-0.1, -0.05) is 12.1 Å². The Morgan fingerprint density at radius 2 is 2.14 bits per heavy atom. The fourth-order valence-corrected chi connectivity index (χ4v) is 5.07. The van der Waals surface area contributed by atoms with Gasteiger partial charge >= 0.3 is 0 Å². The Hall–Kier alpha value is -1.80. The van der Waals surface area contributed by atoms with Crippen molar-refractivity contribution in [1.29, 1.82) is 0 Å². The summed E-state index contributed by atoms with van der Waals surface area (Å²) in [5, 5.41) is 6.58. The quantitative estimate of drug-likeness (QED) is 0.467. The summed E-state index contributed by atoms with van der Waals surface area (Å²) in [5.41, 5.74) is 2.02. The van der Waals surface area contributed by atoms with E-state index in [1.165, 1.54) is 6.26 Å². The standard InChI is InChI=1S/C21H33N3O4S/c1-4-22-20(24-14-21(8-9-21)15-29(3,25)26)23-12-17-6-5-16(2)11-19(17)28-18-7-10-27-13-18/h5-6,11,18H,4,7-10,12-15H2,1-3H3,(H2,22,23,24). The Morgan fingerprint density at radius 1 is 1.34 bits per heavy atom. The highest BCUT2D eigenvalue weighted by molar-refractivity contribution is 7.90. The van der Waals surface area contributed by atoms with Crippen LogP contribution in [0.5, 0.6) is 5.75 Å². The second-order valence-electron chi connectivity index (χ2n) is 8.33. The Labute approximate surface area is 174 Å². The van der Waals surface area contributed by atoms with Crippen molar-refractivity contribution in [2.45, 2.75) is 45.8 Å². The number of rotatable bonds is 9. The smallest absolute Gasteiger partial charge is 0.191 e. The molecule has 2 N–H and O–H groups in total. The maximum Gasteiger partial charge on any atom is 0.191 e. The van der Waals surface area contributed by atoms with Crippen molar-refractivity contribution in [1.82, 2.24) is 10.6 Å². The van der Waals surface area contributed by atoms with Crippen molar-refractivity contribution in [3.05, 3.63) is 29.3 Å². The second kappa shape index (κ2) is 9.34. The van der Waals surface area contributed by atoms with Gasteiger partial charge in [-0.05, 0) is 38.3 Å². The third-order valence-electron chi connectivity index (χ3n) is 5.31. The number of hydrogen-bond donors (Lipinski definition) is 2. The number of guanidine groups is 1. The van der Waals surface area contributed by atoms with Gasteiger partial charge in [0.1, 0.15) is 21.7 Å². The lowest BCUT2D eigenvalue weighted by atomic mass is 10.1. The predicted molar refractivity (Wildman–Crippen MR) is 115 cm³/mol. The zero-order valence-electron chi connectivity index (χ0n) is 17.7. The molecule has 29 heavy (non-hydrogen) atoms. The maximum atomic E-state index is 11.7. The molecule has 1 unspecified atom stereocenters. The summed E-state index contributed by atoms with van der Waals surface area (Å²) < 4.78 is 34.9.